The Kier molecular flexibility index (Phi) is 4.78. The van der Waals surface area contributed by atoms with Gasteiger partial charge in [-0.25, -0.2) is 4.79 Å². The van der Waals surface area contributed by atoms with Crippen LogP contribution in [0.25, 0.3) is 6.08 Å². The van der Waals surface area contributed by atoms with Crippen LogP contribution in [0.15, 0.2) is 54.8 Å². The average Bonchev–Trinajstić information content (AvgIpc) is 2.76. The predicted octanol–water partition coefficient (Wildman–Crippen LogP) is 2.39. The minimum Gasteiger partial charge on any atom is -0.378 e. The van der Waals surface area contributed by atoms with Crippen molar-refractivity contribution in [1.29, 1.82) is 0 Å². The van der Waals surface area contributed by atoms with E-state index in [1.54, 1.807) is 12.2 Å². The molecular formula is C17H19N3O2. The van der Waals surface area contributed by atoms with Gasteiger partial charge < -0.3 is 10.2 Å². The maximum atomic E-state index is 12.0. The van der Waals surface area contributed by atoms with Crippen LogP contribution in [0.1, 0.15) is 5.56 Å². The van der Waals surface area contributed by atoms with Gasteiger partial charge in [0, 0.05) is 26.3 Å². The Labute approximate surface area is 130 Å². The molecule has 1 N–H and O–H groups in total. The number of hydrogen-bond acceptors (Lipinski definition) is 3. The molecule has 1 aliphatic rings. The Bertz CT molecular complexity index is 642. The normalized spacial score (nSPS) is 16.5. The molecule has 0 unspecified atom stereocenters. The van der Waals surface area contributed by atoms with Crippen LogP contribution in [0.5, 0.6) is 0 Å². The molecular weight excluding hydrogens is 278 g/mol. The number of imide groups is 1. The monoisotopic (exact) mass is 297 g/mol. The van der Waals surface area contributed by atoms with Crippen molar-refractivity contribution in [3.8, 4) is 0 Å². The lowest BCUT2D eigenvalue weighted by atomic mass is 10.2. The lowest BCUT2D eigenvalue weighted by Crippen LogP contribution is -2.30. The molecule has 5 heteroatoms. The van der Waals surface area contributed by atoms with Gasteiger partial charge in [-0.3, -0.25) is 9.69 Å². The van der Waals surface area contributed by atoms with E-state index in [1.807, 2.05) is 49.3 Å². The van der Waals surface area contributed by atoms with Gasteiger partial charge in [-0.2, -0.15) is 0 Å². The van der Waals surface area contributed by atoms with Crippen LogP contribution in [0.2, 0.25) is 0 Å². The van der Waals surface area contributed by atoms with Gasteiger partial charge in [0.1, 0.15) is 5.70 Å². The van der Waals surface area contributed by atoms with E-state index in [0.717, 1.165) is 16.2 Å². The molecule has 0 saturated carbocycles. The fourth-order valence-corrected chi connectivity index (χ4v) is 2.02. The first kappa shape index (κ1) is 15.6. The molecule has 0 spiro atoms. The summed E-state index contributed by atoms with van der Waals surface area (Å²) in [6, 6.07) is 7.59. The number of urea groups is 1. The van der Waals surface area contributed by atoms with Crippen LogP contribution in [0, 0.1) is 0 Å². The Balaban J connectivity index is 2.06. The molecule has 1 aromatic carbocycles. The summed E-state index contributed by atoms with van der Waals surface area (Å²) >= 11 is 0. The summed E-state index contributed by atoms with van der Waals surface area (Å²) in [5.74, 6) is -0.336. The molecule has 0 aliphatic carbocycles. The van der Waals surface area contributed by atoms with Crippen molar-refractivity contribution in [3.63, 3.8) is 0 Å². The first-order chi connectivity index (χ1) is 10.5. The Hall–Kier alpha value is -2.82. The van der Waals surface area contributed by atoms with Gasteiger partial charge >= 0.3 is 6.03 Å². The van der Waals surface area contributed by atoms with E-state index >= 15 is 0 Å². The summed E-state index contributed by atoms with van der Waals surface area (Å²) in [5, 5.41) is 2.54. The number of carbonyl (C=O) groups excluding carboxylic acids is 2. The molecule has 3 amide bonds. The minimum atomic E-state index is -0.417. The number of allylic oxidation sites excluding steroid dienone is 2. The standard InChI is InChI=1S/C17H19N3O2/c1-4-12-20-16(21)15(18-17(20)22)7-5-6-13-8-10-14(11-9-13)19(2)3/h4-11H,1,12H2,2-3H3,(H,18,22)/b6-5+,15-7+. The number of hydrogen-bond donors (Lipinski definition) is 1. The second-order valence-corrected chi connectivity index (χ2v) is 5.06. The third-order valence-electron chi connectivity index (χ3n) is 3.24. The highest BCUT2D eigenvalue weighted by Gasteiger charge is 2.31. The highest BCUT2D eigenvalue weighted by Crippen LogP contribution is 2.14. The zero-order valence-corrected chi connectivity index (χ0v) is 12.7. The van der Waals surface area contributed by atoms with Crippen molar-refractivity contribution in [3.05, 3.63) is 60.3 Å². The average molecular weight is 297 g/mol. The van der Waals surface area contributed by atoms with Crippen molar-refractivity contribution >= 4 is 23.7 Å². The number of benzene rings is 1. The van der Waals surface area contributed by atoms with Crippen LogP contribution in [0.3, 0.4) is 0 Å². The van der Waals surface area contributed by atoms with E-state index in [-0.39, 0.29) is 18.1 Å². The van der Waals surface area contributed by atoms with E-state index in [2.05, 4.69) is 11.9 Å². The molecule has 1 aromatic rings. The second-order valence-electron chi connectivity index (χ2n) is 5.06. The first-order valence-electron chi connectivity index (χ1n) is 6.92. The summed E-state index contributed by atoms with van der Waals surface area (Å²) in [5.41, 5.74) is 2.41. The minimum absolute atomic E-state index is 0.206. The van der Waals surface area contributed by atoms with Crippen molar-refractivity contribution in [2.24, 2.45) is 0 Å². The van der Waals surface area contributed by atoms with Gasteiger partial charge in [-0.05, 0) is 23.8 Å². The van der Waals surface area contributed by atoms with E-state index in [4.69, 9.17) is 0 Å². The van der Waals surface area contributed by atoms with Crippen molar-refractivity contribution < 1.29 is 9.59 Å². The maximum absolute atomic E-state index is 12.0. The molecule has 114 valence electrons. The van der Waals surface area contributed by atoms with Crippen LogP contribution >= 0.6 is 0 Å². The number of nitrogens with zero attached hydrogens (tertiary/aromatic N) is 2. The van der Waals surface area contributed by atoms with Gasteiger partial charge in [0.15, 0.2) is 0 Å². The Morgan fingerprint density at radius 2 is 1.91 bits per heavy atom. The predicted molar refractivity (Wildman–Crippen MR) is 88.3 cm³/mol. The summed E-state index contributed by atoms with van der Waals surface area (Å²) in [7, 11) is 3.97. The van der Waals surface area contributed by atoms with Gasteiger partial charge in [0.2, 0.25) is 0 Å². The highest BCUT2D eigenvalue weighted by atomic mass is 16.2. The van der Waals surface area contributed by atoms with E-state index < -0.39 is 6.03 Å². The van der Waals surface area contributed by atoms with Gasteiger partial charge in [-0.1, -0.05) is 30.4 Å². The zero-order valence-electron chi connectivity index (χ0n) is 12.7. The number of amides is 3. The summed E-state index contributed by atoms with van der Waals surface area (Å²) in [6.45, 7) is 3.73. The quantitative estimate of drug-likeness (QED) is 0.516. The maximum Gasteiger partial charge on any atom is 0.329 e. The summed E-state index contributed by atoms with van der Waals surface area (Å²) < 4.78 is 0. The molecule has 1 aliphatic heterocycles. The smallest absolute Gasteiger partial charge is 0.329 e. The van der Waals surface area contributed by atoms with Gasteiger partial charge in [0.05, 0.1) is 0 Å². The molecule has 2 rings (SSSR count). The SMILES string of the molecule is C=CCN1C(=O)N/C(=C/C=C/c2ccc(N(C)C)cc2)C1=O. The number of anilines is 1. The number of nitrogens with one attached hydrogen (secondary N) is 1. The van der Waals surface area contributed by atoms with Gasteiger partial charge in [0.25, 0.3) is 5.91 Å². The molecule has 5 nitrogen and oxygen atoms in total. The fourth-order valence-electron chi connectivity index (χ4n) is 2.02. The molecule has 0 radical (unpaired) electrons. The fraction of sp³-hybridized carbons (Fsp3) is 0.176. The van der Waals surface area contributed by atoms with Crippen molar-refractivity contribution in [1.82, 2.24) is 10.2 Å². The lowest BCUT2D eigenvalue weighted by molar-refractivity contribution is -0.122. The molecule has 1 saturated heterocycles. The number of carbonyl (C=O) groups is 2. The third kappa shape index (κ3) is 3.44. The van der Waals surface area contributed by atoms with E-state index in [0.29, 0.717) is 0 Å². The largest absolute Gasteiger partial charge is 0.378 e. The zero-order chi connectivity index (χ0) is 16.1. The summed E-state index contributed by atoms with van der Waals surface area (Å²) in [6.07, 6.45) is 6.74. The molecule has 0 atom stereocenters. The van der Waals surface area contributed by atoms with Crippen molar-refractivity contribution in [2.75, 3.05) is 25.5 Å². The number of rotatable bonds is 5. The molecule has 0 aromatic heterocycles. The van der Waals surface area contributed by atoms with E-state index in [9.17, 15) is 9.59 Å². The molecule has 22 heavy (non-hydrogen) atoms. The highest BCUT2D eigenvalue weighted by molar-refractivity contribution is 6.11. The molecule has 0 bridgehead atoms. The molecule has 1 heterocycles. The van der Waals surface area contributed by atoms with Crippen LogP contribution in [0.4, 0.5) is 10.5 Å². The Morgan fingerprint density at radius 1 is 1.23 bits per heavy atom. The second kappa shape index (κ2) is 6.76. The van der Waals surface area contributed by atoms with Crippen LogP contribution in [-0.4, -0.2) is 37.5 Å². The first-order valence-corrected chi connectivity index (χ1v) is 6.92. The summed E-state index contributed by atoms with van der Waals surface area (Å²) in [4.78, 5) is 26.7. The molecule has 1 fully saturated rings. The van der Waals surface area contributed by atoms with Crippen molar-refractivity contribution in [2.45, 2.75) is 0 Å². The topological polar surface area (TPSA) is 52.7 Å². The van der Waals surface area contributed by atoms with Crippen LogP contribution < -0.4 is 10.2 Å². The van der Waals surface area contributed by atoms with Gasteiger partial charge in [-0.15, -0.1) is 6.58 Å². The third-order valence-corrected chi connectivity index (χ3v) is 3.24. The van der Waals surface area contributed by atoms with Crippen LogP contribution in [-0.2, 0) is 4.79 Å². The van der Waals surface area contributed by atoms with E-state index in [1.165, 1.54) is 6.08 Å². The lowest BCUT2D eigenvalue weighted by Gasteiger charge is -2.11. The Morgan fingerprint density at radius 3 is 2.50 bits per heavy atom.